The van der Waals surface area contributed by atoms with Crippen LogP contribution in [-0.2, 0) is 6.54 Å². The Labute approximate surface area is 148 Å². The molecule has 3 aromatic rings. The SMILES string of the molecule is Cc1nc2ncnn2c(NCCC(C)N(C)Cc2ccccc2)c1C. The van der Waals surface area contributed by atoms with Gasteiger partial charge in [0.2, 0.25) is 0 Å². The van der Waals surface area contributed by atoms with Gasteiger partial charge in [-0.2, -0.15) is 14.6 Å². The third-order valence-electron chi connectivity index (χ3n) is 4.79. The van der Waals surface area contributed by atoms with Crippen molar-refractivity contribution in [3.8, 4) is 0 Å². The molecule has 0 amide bonds. The van der Waals surface area contributed by atoms with Crippen molar-refractivity contribution in [1.82, 2.24) is 24.5 Å². The molecule has 0 fully saturated rings. The van der Waals surface area contributed by atoms with Crippen LogP contribution in [0.4, 0.5) is 5.82 Å². The van der Waals surface area contributed by atoms with Crippen LogP contribution in [0.25, 0.3) is 5.78 Å². The number of hydrogen-bond acceptors (Lipinski definition) is 5. The Balaban J connectivity index is 1.59. The summed E-state index contributed by atoms with van der Waals surface area (Å²) in [4.78, 5) is 11.0. The van der Waals surface area contributed by atoms with E-state index in [1.807, 2.05) is 6.92 Å². The maximum Gasteiger partial charge on any atom is 0.254 e. The van der Waals surface area contributed by atoms with Gasteiger partial charge < -0.3 is 5.32 Å². The van der Waals surface area contributed by atoms with Crippen LogP contribution in [0.5, 0.6) is 0 Å². The molecule has 0 saturated heterocycles. The second kappa shape index (κ2) is 7.61. The van der Waals surface area contributed by atoms with Gasteiger partial charge in [-0.25, -0.2) is 4.98 Å². The molecule has 0 aliphatic carbocycles. The molecule has 6 heteroatoms. The Kier molecular flexibility index (Phi) is 5.28. The topological polar surface area (TPSA) is 58.4 Å². The van der Waals surface area contributed by atoms with Gasteiger partial charge in [0, 0.05) is 30.4 Å². The number of anilines is 1. The summed E-state index contributed by atoms with van der Waals surface area (Å²) >= 11 is 0. The highest BCUT2D eigenvalue weighted by Gasteiger charge is 2.13. The minimum absolute atomic E-state index is 0.474. The van der Waals surface area contributed by atoms with Gasteiger partial charge in [0.1, 0.15) is 12.1 Å². The summed E-state index contributed by atoms with van der Waals surface area (Å²) in [6.07, 6.45) is 2.59. The lowest BCUT2D eigenvalue weighted by Crippen LogP contribution is -2.30. The van der Waals surface area contributed by atoms with Crippen molar-refractivity contribution in [2.45, 2.75) is 39.8 Å². The zero-order valence-electron chi connectivity index (χ0n) is 15.4. The average molecular weight is 338 g/mol. The molecule has 0 saturated carbocycles. The molecule has 0 aliphatic rings. The molecule has 1 aromatic carbocycles. The van der Waals surface area contributed by atoms with Gasteiger partial charge in [-0.15, -0.1) is 0 Å². The zero-order chi connectivity index (χ0) is 17.8. The van der Waals surface area contributed by atoms with Crippen LogP contribution in [0.15, 0.2) is 36.7 Å². The second-order valence-corrected chi connectivity index (χ2v) is 6.61. The molecule has 1 atom stereocenters. The first kappa shape index (κ1) is 17.4. The van der Waals surface area contributed by atoms with Crippen LogP contribution in [0.1, 0.15) is 30.2 Å². The van der Waals surface area contributed by atoms with Crippen molar-refractivity contribution in [3.05, 3.63) is 53.5 Å². The van der Waals surface area contributed by atoms with Crippen molar-refractivity contribution >= 4 is 11.6 Å². The van der Waals surface area contributed by atoms with Gasteiger partial charge in [-0.1, -0.05) is 30.3 Å². The zero-order valence-corrected chi connectivity index (χ0v) is 15.4. The molecule has 3 rings (SSSR count). The number of fused-ring (bicyclic) bond motifs is 1. The van der Waals surface area contributed by atoms with E-state index < -0.39 is 0 Å². The summed E-state index contributed by atoms with van der Waals surface area (Å²) in [7, 11) is 2.18. The van der Waals surface area contributed by atoms with E-state index in [9.17, 15) is 0 Å². The Morgan fingerprint density at radius 2 is 1.96 bits per heavy atom. The van der Waals surface area contributed by atoms with Crippen LogP contribution in [-0.4, -0.2) is 44.1 Å². The summed E-state index contributed by atoms with van der Waals surface area (Å²) in [5.41, 5.74) is 3.44. The molecule has 2 heterocycles. The van der Waals surface area contributed by atoms with Crippen molar-refractivity contribution in [2.24, 2.45) is 0 Å². The third-order valence-corrected chi connectivity index (χ3v) is 4.79. The molecule has 0 bridgehead atoms. The Morgan fingerprint density at radius 1 is 1.20 bits per heavy atom. The first-order chi connectivity index (χ1) is 12.1. The summed E-state index contributed by atoms with van der Waals surface area (Å²) in [5.74, 6) is 1.62. The van der Waals surface area contributed by atoms with E-state index in [1.165, 1.54) is 5.56 Å². The van der Waals surface area contributed by atoms with Gasteiger partial charge in [-0.05, 0) is 39.8 Å². The van der Waals surface area contributed by atoms with E-state index >= 15 is 0 Å². The van der Waals surface area contributed by atoms with Crippen LogP contribution >= 0.6 is 0 Å². The predicted molar refractivity (Wildman–Crippen MR) is 101 cm³/mol. The first-order valence-electron chi connectivity index (χ1n) is 8.71. The Bertz CT molecular complexity index is 827. The highest BCUT2D eigenvalue weighted by atomic mass is 15.4. The molecule has 132 valence electrons. The number of hydrogen-bond donors (Lipinski definition) is 1. The predicted octanol–water partition coefficient (Wildman–Crippen LogP) is 3.06. The summed E-state index contributed by atoms with van der Waals surface area (Å²) < 4.78 is 1.78. The number of nitrogens with one attached hydrogen (secondary N) is 1. The van der Waals surface area contributed by atoms with Crippen LogP contribution in [0.2, 0.25) is 0 Å². The van der Waals surface area contributed by atoms with E-state index in [0.29, 0.717) is 11.8 Å². The molecule has 1 N–H and O–H groups in total. The van der Waals surface area contributed by atoms with E-state index in [0.717, 1.165) is 36.6 Å². The molecule has 2 aromatic heterocycles. The number of nitrogens with zero attached hydrogens (tertiary/aromatic N) is 5. The molecular weight excluding hydrogens is 312 g/mol. The van der Waals surface area contributed by atoms with Gasteiger partial charge in [0.25, 0.3) is 5.78 Å². The average Bonchev–Trinajstić information content (AvgIpc) is 3.06. The van der Waals surface area contributed by atoms with E-state index in [2.05, 4.69) is 76.5 Å². The number of rotatable bonds is 7. The fraction of sp³-hybridized carbons (Fsp3) is 0.421. The summed E-state index contributed by atoms with van der Waals surface area (Å²) in [5, 5.41) is 7.81. The lowest BCUT2D eigenvalue weighted by atomic mass is 10.1. The first-order valence-corrected chi connectivity index (χ1v) is 8.71. The minimum atomic E-state index is 0.474. The molecule has 0 radical (unpaired) electrons. The minimum Gasteiger partial charge on any atom is -0.370 e. The van der Waals surface area contributed by atoms with E-state index in [4.69, 9.17) is 0 Å². The Hall–Kier alpha value is -2.47. The molecule has 0 aliphatic heterocycles. The van der Waals surface area contributed by atoms with Gasteiger partial charge in [0.15, 0.2) is 0 Å². The van der Waals surface area contributed by atoms with Gasteiger partial charge >= 0.3 is 0 Å². The maximum absolute atomic E-state index is 4.46. The van der Waals surface area contributed by atoms with E-state index in [1.54, 1.807) is 10.8 Å². The quantitative estimate of drug-likeness (QED) is 0.717. The number of aryl methyl sites for hydroxylation is 1. The van der Waals surface area contributed by atoms with Gasteiger partial charge in [-0.3, -0.25) is 4.90 Å². The normalized spacial score (nSPS) is 12.7. The second-order valence-electron chi connectivity index (χ2n) is 6.61. The number of benzene rings is 1. The molecule has 1 unspecified atom stereocenters. The smallest absolute Gasteiger partial charge is 0.254 e. The van der Waals surface area contributed by atoms with Crippen LogP contribution in [0, 0.1) is 13.8 Å². The maximum atomic E-state index is 4.46. The highest BCUT2D eigenvalue weighted by molar-refractivity contribution is 5.51. The molecule has 25 heavy (non-hydrogen) atoms. The van der Waals surface area contributed by atoms with E-state index in [-0.39, 0.29) is 0 Å². The monoisotopic (exact) mass is 338 g/mol. The van der Waals surface area contributed by atoms with Crippen molar-refractivity contribution < 1.29 is 0 Å². The highest BCUT2D eigenvalue weighted by Crippen LogP contribution is 2.18. The lowest BCUT2D eigenvalue weighted by Gasteiger charge is -2.25. The summed E-state index contributed by atoms with van der Waals surface area (Å²) in [6.45, 7) is 8.17. The largest absolute Gasteiger partial charge is 0.370 e. The molecule has 6 nitrogen and oxygen atoms in total. The number of aromatic nitrogens is 4. The fourth-order valence-corrected chi connectivity index (χ4v) is 2.89. The summed E-state index contributed by atoms with van der Waals surface area (Å²) in [6, 6.07) is 11.1. The lowest BCUT2D eigenvalue weighted by molar-refractivity contribution is 0.242. The van der Waals surface area contributed by atoms with Crippen LogP contribution < -0.4 is 5.32 Å². The Morgan fingerprint density at radius 3 is 2.72 bits per heavy atom. The standard InChI is InChI=1S/C19H26N6/c1-14(24(4)12-17-8-6-5-7-9-17)10-11-20-18-15(2)16(3)23-19-21-13-22-25(18)19/h5-9,13-14,20H,10-12H2,1-4H3. The third kappa shape index (κ3) is 3.96. The molecular formula is C19H26N6. The van der Waals surface area contributed by atoms with Crippen molar-refractivity contribution in [2.75, 3.05) is 18.9 Å². The fourth-order valence-electron chi connectivity index (χ4n) is 2.89. The van der Waals surface area contributed by atoms with Gasteiger partial charge in [0.05, 0.1) is 0 Å². The molecule has 0 spiro atoms. The van der Waals surface area contributed by atoms with Crippen molar-refractivity contribution in [3.63, 3.8) is 0 Å². The van der Waals surface area contributed by atoms with Crippen molar-refractivity contribution in [1.29, 1.82) is 0 Å². The van der Waals surface area contributed by atoms with Crippen LogP contribution in [0.3, 0.4) is 0 Å².